The number of hydrogen-bond donors (Lipinski definition) is 2. The van der Waals surface area contributed by atoms with Crippen LogP contribution in [0.1, 0.15) is 40.7 Å². The minimum absolute atomic E-state index is 0.298. The van der Waals surface area contributed by atoms with Gasteiger partial charge in [-0.15, -0.1) is 0 Å². The third kappa shape index (κ3) is 5.90. The van der Waals surface area contributed by atoms with Crippen LogP contribution in [0.2, 0.25) is 0 Å². The molecule has 0 bridgehead atoms. The van der Waals surface area contributed by atoms with Crippen LogP contribution in [0.5, 0.6) is 0 Å². The van der Waals surface area contributed by atoms with E-state index in [1.54, 1.807) is 0 Å². The van der Waals surface area contributed by atoms with Crippen molar-refractivity contribution in [3.63, 3.8) is 0 Å². The highest BCUT2D eigenvalue weighted by Gasteiger charge is 2.40. The monoisotopic (exact) mass is 560 g/mol. The highest BCUT2D eigenvalue weighted by Crippen LogP contribution is 2.41. The summed E-state index contributed by atoms with van der Waals surface area (Å²) in [5.74, 6) is 0.298. The number of nitrogens with one attached hydrogen (secondary N) is 2. The van der Waals surface area contributed by atoms with Crippen molar-refractivity contribution in [3.8, 4) is 0 Å². The van der Waals surface area contributed by atoms with Gasteiger partial charge in [0.25, 0.3) is 0 Å². The molecule has 0 spiro atoms. The zero-order valence-electron chi connectivity index (χ0n) is 24.6. The van der Waals surface area contributed by atoms with Crippen molar-refractivity contribution in [2.24, 2.45) is 5.92 Å². The molecule has 0 heterocycles. The van der Waals surface area contributed by atoms with Gasteiger partial charge in [0.2, 0.25) is 0 Å². The first kappa shape index (κ1) is 28.6. The molecule has 2 N–H and O–H groups in total. The van der Waals surface area contributed by atoms with Crippen molar-refractivity contribution in [1.29, 1.82) is 0 Å². The molecule has 0 aromatic heterocycles. The Kier molecular flexibility index (Phi) is 9.08. The van der Waals surface area contributed by atoms with E-state index in [1.165, 1.54) is 27.8 Å². The highest BCUT2D eigenvalue weighted by atomic mass is 15.0. The van der Waals surface area contributed by atoms with E-state index < -0.39 is 5.54 Å². The van der Waals surface area contributed by atoms with E-state index in [2.05, 4.69) is 187 Å². The minimum Gasteiger partial charge on any atom is -0.303 e. The Morgan fingerprint density at radius 2 is 0.860 bits per heavy atom. The lowest BCUT2D eigenvalue weighted by atomic mass is 9.70. The lowest BCUT2D eigenvalue weighted by Gasteiger charge is -2.42. The van der Waals surface area contributed by atoms with Crippen molar-refractivity contribution in [3.05, 3.63) is 204 Å². The first-order valence-electron chi connectivity index (χ1n) is 15.4. The van der Waals surface area contributed by atoms with Gasteiger partial charge in [0.15, 0.2) is 0 Å². The van der Waals surface area contributed by atoms with E-state index in [1.807, 2.05) is 0 Å². The summed E-state index contributed by atoms with van der Waals surface area (Å²) in [6, 6.07) is 54.5. The molecule has 5 aromatic rings. The van der Waals surface area contributed by atoms with Gasteiger partial charge in [-0.05, 0) is 53.7 Å². The van der Waals surface area contributed by atoms with Gasteiger partial charge in [-0.25, -0.2) is 0 Å². The number of rotatable bonds is 12. The molecular weight excluding hydrogens is 520 g/mol. The van der Waals surface area contributed by atoms with Crippen molar-refractivity contribution in [2.45, 2.75) is 23.9 Å². The Morgan fingerprint density at radius 3 is 1.26 bits per heavy atom. The van der Waals surface area contributed by atoms with E-state index in [0.29, 0.717) is 5.92 Å². The van der Waals surface area contributed by atoms with Crippen molar-refractivity contribution in [2.75, 3.05) is 13.1 Å². The zero-order chi connectivity index (χ0) is 29.2. The summed E-state index contributed by atoms with van der Waals surface area (Å²) >= 11 is 0. The third-order valence-electron chi connectivity index (χ3n) is 8.76. The Morgan fingerprint density at radius 1 is 0.465 bits per heavy atom. The van der Waals surface area contributed by atoms with Crippen LogP contribution in [0, 0.1) is 5.92 Å². The molecule has 214 valence electrons. The maximum Gasteiger partial charge on any atom is 0.0947 e. The van der Waals surface area contributed by atoms with Crippen molar-refractivity contribution >= 4 is 0 Å². The lowest BCUT2D eigenvalue weighted by molar-refractivity contribution is 0.299. The molecule has 0 radical (unpaired) electrons. The third-order valence-corrected chi connectivity index (χ3v) is 8.76. The second-order valence-electron chi connectivity index (χ2n) is 11.3. The SMILES string of the molecule is C1=CCC(C(NCCCNC(c2ccccc2)(c2ccccc2)c2ccccc2)(c2ccccc2)c2ccccc2)C=C1. The van der Waals surface area contributed by atoms with Gasteiger partial charge >= 0.3 is 0 Å². The van der Waals surface area contributed by atoms with Crippen LogP contribution in [-0.2, 0) is 11.1 Å². The second kappa shape index (κ2) is 13.6. The topological polar surface area (TPSA) is 24.1 Å². The minimum atomic E-state index is -0.462. The van der Waals surface area contributed by atoms with Gasteiger partial charge < -0.3 is 5.32 Å². The summed E-state index contributed by atoms with van der Waals surface area (Å²) in [7, 11) is 0. The molecule has 1 aliphatic rings. The second-order valence-corrected chi connectivity index (χ2v) is 11.3. The Bertz CT molecular complexity index is 1460. The molecule has 1 unspecified atom stereocenters. The zero-order valence-corrected chi connectivity index (χ0v) is 24.6. The average molecular weight is 561 g/mol. The number of allylic oxidation sites excluding steroid dienone is 3. The van der Waals surface area contributed by atoms with E-state index in [4.69, 9.17) is 0 Å². The number of benzene rings is 5. The smallest absolute Gasteiger partial charge is 0.0947 e. The molecule has 5 aromatic carbocycles. The summed E-state index contributed by atoms with van der Waals surface area (Å²) in [5, 5.41) is 8.18. The van der Waals surface area contributed by atoms with Crippen molar-refractivity contribution < 1.29 is 0 Å². The van der Waals surface area contributed by atoms with Crippen LogP contribution >= 0.6 is 0 Å². The number of hydrogen-bond acceptors (Lipinski definition) is 2. The molecular formula is C41H40N2. The van der Waals surface area contributed by atoms with Crippen LogP contribution in [0.3, 0.4) is 0 Å². The first-order chi connectivity index (χ1) is 21.3. The predicted molar refractivity (Wildman–Crippen MR) is 180 cm³/mol. The summed E-state index contributed by atoms with van der Waals surface area (Å²) in [6.45, 7) is 1.70. The van der Waals surface area contributed by atoms with Gasteiger partial charge in [0.05, 0.1) is 11.1 Å². The Hall–Kier alpha value is -4.50. The van der Waals surface area contributed by atoms with Crippen LogP contribution in [0.15, 0.2) is 176 Å². The first-order valence-corrected chi connectivity index (χ1v) is 15.4. The summed E-state index contributed by atoms with van der Waals surface area (Å²) in [6.07, 6.45) is 11.0. The fraction of sp³-hybridized carbons (Fsp3) is 0.171. The summed E-state index contributed by atoms with van der Waals surface area (Å²) in [4.78, 5) is 0. The normalized spacial score (nSPS) is 14.9. The molecule has 0 saturated heterocycles. The highest BCUT2D eigenvalue weighted by molar-refractivity contribution is 5.49. The molecule has 43 heavy (non-hydrogen) atoms. The molecule has 0 aliphatic heterocycles. The average Bonchev–Trinajstić information content (AvgIpc) is 3.11. The predicted octanol–water partition coefficient (Wildman–Crippen LogP) is 8.62. The van der Waals surface area contributed by atoms with Crippen LogP contribution in [-0.4, -0.2) is 13.1 Å². The van der Waals surface area contributed by atoms with E-state index in [-0.39, 0.29) is 5.54 Å². The molecule has 6 rings (SSSR count). The van der Waals surface area contributed by atoms with Gasteiger partial charge in [-0.3, -0.25) is 5.32 Å². The summed E-state index contributed by atoms with van der Waals surface area (Å²) < 4.78 is 0. The molecule has 0 fully saturated rings. The fourth-order valence-corrected chi connectivity index (χ4v) is 6.75. The maximum atomic E-state index is 4.12. The Balaban J connectivity index is 1.31. The van der Waals surface area contributed by atoms with Crippen molar-refractivity contribution in [1.82, 2.24) is 10.6 Å². The fourth-order valence-electron chi connectivity index (χ4n) is 6.75. The lowest BCUT2D eigenvalue weighted by Crippen LogP contribution is -2.50. The van der Waals surface area contributed by atoms with Gasteiger partial charge in [-0.2, -0.15) is 0 Å². The molecule has 1 aliphatic carbocycles. The largest absolute Gasteiger partial charge is 0.303 e. The van der Waals surface area contributed by atoms with E-state index >= 15 is 0 Å². The molecule has 1 atom stereocenters. The van der Waals surface area contributed by atoms with Crippen LogP contribution < -0.4 is 10.6 Å². The summed E-state index contributed by atoms with van der Waals surface area (Å²) in [5.41, 5.74) is 5.51. The standard InChI is InChI=1S/C41H40N2/c1-7-20-34(21-8-1)40(35-22-9-2-10-23-35,36-24-11-3-12-25-36)42-32-19-33-43-41(37-26-13-4-14-27-37,38-28-15-5-16-29-38)39-30-17-6-18-31-39/h1-18,20-30,39,42-43H,19,31-33H2. The molecule has 2 heteroatoms. The maximum absolute atomic E-state index is 4.12. The quantitative estimate of drug-likeness (QED) is 0.118. The van der Waals surface area contributed by atoms with Crippen LogP contribution in [0.4, 0.5) is 0 Å². The molecule has 2 nitrogen and oxygen atoms in total. The van der Waals surface area contributed by atoms with Crippen LogP contribution in [0.25, 0.3) is 0 Å². The van der Waals surface area contributed by atoms with Gasteiger partial charge in [0.1, 0.15) is 0 Å². The van der Waals surface area contributed by atoms with E-state index in [9.17, 15) is 0 Å². The van der Waals surface area contributed by atoms with Gasteiger partial charge in [0, 0.05) is 5.92 Å². The Labute approximate surface area is 256 Å². The molecule has 0 saturated carbocycles. The van der Waals surface area contributed by atoms with E-state index in [0.717, 1.165) is 25.9 Å². The molecule has 0 amide bonds. The van der Waals surface area contributed by atoms with Gasteiger partial charge in [-0.1, -0.05) is 176 Å².